The molecule has 0 atom stereocenters. The summed E-state index contributed by atoms with van der Waals surface area (Å²) in [7, 11) is 0. The van der Waals surface area contributed by atoms with Gasteiger partial charge in [0.2, 0.25) is 0 Å². The Balaban J connectivity index is 1.67. The van der Waals surface area contributed by atoms with E-state index in [0.717, 1.165) is 23.1 Å². The highest BCUT2D eigenvalue weighted by Gasteiger charge is 2.04. The van der Waals surface area contributed by atoms with Crippen molar-refractivity contribution in [2.75, 3.05) is 13.1 Å². The van der Waals surface area contributed by atoms with Crippen LogP contribution in [0.15, 0.2) is 34.8 Å². The maximum atomic E-state index is 11.9. The van der Waals surface area contributed by atoms with Crippen LogP contribution >= 0.6 is 27.3 Å². The molecule has 0 fully saturated rings. The van der Waals surface area contributed by atoms with Crippen LogP contribution in [0.2, 0.25) is 0 Å². The van der Waals surface area contributed by atoms with Gasteiger partial charge < -0.3 is 10.6 Å². The van der Waals surface area contributed by atoms with Crippen molar-refractivity contribution in [3.05, 3.63) is 55.7 Å². The number of hydrogen-bond donors (Lipinski definition) is 2. The molecule has 0 unspecified atom stereocenters. The van der Waals surface area contributed by atoms with E-state index in [1.807, 2.05) is 31.2 Å². The third-order valence-corrected chi connectivity index (χ3v) is 5.25. The molecule has 1 heterocycles. The van der Waals surface area contributed by atoms with E-state index < -0.39 is 0 Å². The van der Waals surface area contributed by atoms with Crippen LogP contribution < -0.4 is 10.6 Å². The summed E-state index contributed by atoms with van der Waals surface area (Å²) in [5.41, 5.74) is 1.86. The van der Waals surface area contributed by atoms with Gasteiger partial charge in [-0.15, -0.1) is 11.3 Å². The first kappa shape index (κ1) is 16.2. The summed E-state index contributed by atoms with van der Waals surface area (Å²) in [4.78, 5) is 14.5. The van der Waals surface area contributed by atoms with Crippen molar-refractivity contribution in [1.82, 2.24) is 10.6 Å². The number of amides is 1. The van der Waals surface area contributed by atoms with Gasteiger partial charge in [-0.2, -0.15) is 0 Å². The molecule has 0 saturated heterocycles. The van der Waals surface area contributed by atoms with Crippen LogP contribution in [0.25, 0.3) is 0 Å². The first-order valence-corrected chi connectivity index (χ1v) is 8.47. The van der Waals surface area contributed by atoms with E-state index >= 15 is 0 Å². The number of thiophene rings is 1. The van der Waals surface area contributed by atoms with Crippen LogP contribution in [0.5, 0.6) is 0 Å². The Morgan fingerprint density at radius 2 is 1.90 bits per heavy atom. The molecule has 0 aliphatic heterocycles. The lowest BCUT2D eigenvalue weighted by Crippen LogP contribution is -2.31. The van der Waals surface area contributed by atoms with Gasteiger partial charge >= 0.3 is 0 Å². The molecule has 0 aliphatic rings. The fourth-order valence-electron chi connectivity index (χ4n) is 1.89. The molecule has 2 rings (SSSR count). The zero-order valence-corrected chi connectivity index (χ0v) is 14.6. The zero-order valence-electron chi connectivity index (χ0n) is 12.2. The average molecular weight is 367 g/mol. The van der Waals surface area contributed by atoms with Gasteiger partial charge in [-0.25, -0.2) is 0 Å². The van der Waals surface area contributed by atoms with Crippen molar-refractivity contribution in [2.24, 2.45) is 0 Å². The average Bonchev–Trinajstić information content (AvgIpc) is 2.78. The summed E-state index contributed by atoms with van der Waals surface area (Å²) in [6, 6.07) is 9.74. The molecular formula is C16H19BrN2OS. The van der Waals surface area contributed by atoms with E-state index in [1.165, 1.54) is 9.75 Å². The summed E-state index contributed by atoms with van der Waals surface area (Å²) in [5, 5.41) is 6.25. The maximum Gasteiger partial charge on any atom is 0.251 e. The van der Waals surface area contributed by atoms with E-state index in [0.29, 0.717) is 12.1 Å². The van der Waals surface area contributed by atoms with Crippen molar-refractivity contribution in [1.29, 1.82) is 0 Å². The number of halogens is 1. The van der Waals surface area contributed by atoms with Crippen molar-refractivity contribution in [3.63, 3.8) is 0 Å². The van der Waals surface area contributed by atoms with Crippen molar-refractivity contribution < 1.29 is 4.79 Å². The number of carbonyl (C=O) groups is 1. The minimum atomic E-state index is -0.0217. The normalized spacial score (nSPS) is 10.6. The lowest BCUT2D eigenvalue weighted by molar-refractivity contribution is 0.0954. The Hall–Kier alpha value is -1.17. The summed E-state index contributed by atoms with van der Waals surface area (Å²) in [6.45, 7) is 6.32. The highest BCUT2D eigenvalue weighted by atomic mass is 79.9. The number of carbonyl (C=O) groups excluding carboxylic acids is 1. The molecule has 0 bridgehead atoms. The predicted octanol–water partition coefficient (Wildman–Crippen LogP) is 3.65. The molecule has 112 valence electrons. The van der Waals surface area contributed by atoms with Crippen LogP contribution in [0.4, 0.5) is 0 Å². The Morgan fingerprint density at radius 1 is 1.19 bits per heavy atom. The molecular weight excluding hydrogens is 348 g/mol. The van der Waals surface area contributed by atoms with Crippen molar-refractivity contribution >= 4 is 33.2 Å². The largest absolute Gasteiger partial charge is 0.351 e. The third-order valence-electron chi connectivity index (χ3n) is 3.11. The van der Waals surface area contributed by atoms with E-state index in [1.54, 1.807) is 11.3 Å². The number of aryl methyl sites for hydroxylation is 2. The Bertz CT molecular complexity index is 588. The molecule has 1 aromatic carbocycles. The van der Waals surface area contributed by atoms with Crippen LogP contribution in [-0.4, -0.2) is 19.0 Å². The molecule has 1 aromatic heterocycles. The quantitative estimate of drug-likeness (QED) is 0.766. The molecule has 2 aromatic rings. The molecule has 0 radical (unpaired) electrons. The summed E-state index contributed by atoms with van der Waals surface area (Å²) in [5.74, 6) is -0.0217. The third kappa shape index (κ3) is 4.95. The van der Waals surface area contributed by atoms with Crippen LogP contribution in [0.1, 0.15) is 25.7 Å². The van der Waals surface area contributed by atoms with Crippen molar-refractivity contribution in [3.8, 4) is 0 Å². The smallest absolute Gasteiger partial charge is 0.251 e. The SMILES string of the molecule is Cc1ccc(C(=O)NCCNCc2cc(Br)c(C)s2)cc1. The van der Waals surface area contributed by atoms with E-state index in [4.69, 9.17) is 0 Å². The molecule has 2 N–H and O–H groups in total. The number of benzene rings is 1. The van der Waals surface area contributed by atoms with Crippen molar-refractivity contribution in [2.45, 2.75) is 20.4 Å². The zero-order chi connectivity index (χ0) is 15.2. The summed E-state index contributed by atoms with van der Waals surface area (Å²) >= 11 is 5.29. The van der Waals surface area contributed by atoms with Gasteiger partial charge in [-0.05, 0) is 48.0 Å². The summed E-state index contributed by atoms with van der Waals surface area (Å²) in [6.07, 6.45) is 0. The Labute approximate surface area is 137 Å². The van der Waals surface area contributed by atoms with Gasteiger partial charge in [0.15, 0.2) is 0 Å². The Morgan fingerprint density at radius 3 is 2.52 bits per heavy atom. The molecule has 0 aliphatic carbocycles. The van der Waals surface area contributed by atoms with E-state index in [2.05, 4.69) is 39.6 Å². The molecule has 3 nitrogen and oxygen atoms in total. The van der Waals surface area contributed by atoms with Gasteiger partial charge in [-0.3, -0.25) is 4.79 Å². The first-order chi connectivity index (χ1) is 10.1. The monoisotopic (exact) mass is 366 g/mol. The summed E-state index contributed by atoms with van der Waals surface area (Å²) < 4.78 is 1.16. The number of nitrogens with one attached hydrogen (secondary N) is 2. The minimum Gasteiger partial charge on any atom is -0.351 e. The number of hydrogen-bond acceptors (Lipinski definition) is 3. The van der Waals surface area contributed by atoms with Gasteiger partial charge in [0.05, 0.1) is 0 Å². The fourth-order valence-corrected chi connectivity index (χ4v) is 3.46. The van der Waals surface area contributed by atoms with Crippen LogP contribution in [0.3, 0.4) is 0 Å². The second kappa shape index (κ2) is 7.73. The van der Waals surface area contributed by atoms with Gasteiger partial charge in [0, 0.05) is 39.4 Å². The highest BCUT2D eigenvalue weighted by molar-refractivity contribution is 9.10. The molecule has 0 saturated carbocycles. The second-order valence-corrected chi connectivity index (χ2v) is 7.11. The molecule has 5 heteroatoms. The second-order valence-electron chi connectivity index (χ2n) is 4.92. The lowest BCUT2D eigenvalue weighted by atomic mass is 10.1. The Kier molecular flexibility index (Phi) is 5.96. The maximum absolute atomic E-state index is 11.9. The van der Waals surface area contributed by atoms with Crippen LogP contribution in [0, 0.1) is 13.8 Å². The van der Waals surface area contributed by atoms with Crippen LogP contribution in [-0.2, 0) is 6.54 Å². The predicted molar refractivity (Wildman–Crippen MR) is 92.0 cm³/mol. The first-order valence-electron chi connectivity index (χ1n) is 6.86. The standard InChI is InChI=1S/C16H19BrN2OS/c1-11-3-5-13(6-4-11)16(20)19-8-7-18-10-14-9-15(17)12(2)21-14/h3-6,9,18H,7-8,10H2,1-2H3,(H,19,20). The lowest BCUT2D eigenvalue weighted by Gasteiger charge is -2.06. The van der Waals surface area contributed by atoms with Gasteiger partial charge in [-0.1, -0.05) is 17.7 Å². The van der Waals surface area contributed by atoms with E-state index in [-0.39, 0.29) is 5.91 Å². The van der Waals surface area contributed by atoms with Gasteiger partial charge in [0.1, 0.15) is 0 Å². The molecule has 21 heavy (non-hydrogen) atoms. The molecule has 0 spiro atoms. The topological polar surface area (TPSA) is 41.1 Å². The fraction of sp³-hybridized carbons (Fsp3) is 0.312. The van der Waals surface area contributed by atoms with Gasteiger partial charge in [0.25, 0.3) is 5.91 Å². The number of rotatable bonds is 6. The highest BCUT2D eigenvalue weighted by Crippen LogP contribution is 2.25. The minimum absolute atomic E-state index is 0.0217. The van der Waals surface area contributed by atoms with E-state index in [9.17, 15) is 4.79 Å². The molecule has 1 amide bonds.